The molecule has 1 aromatic carbocycles. The van der Waals surface area contributed by atoms with Crippen molar-refractivity contribution >= 4 is 60.0 Å². The SMILES string of the molecule is Cc1cc(-n2cnc3c(sc4nccc(N(C)C)c43)c2=O)ccc1I. The molecule has 4 aromatic rings. The van der Waals surface area contributed by atoms with Gasteiger partial charge in [-0.1, -0.05) is 0 Å². The Hall–Kier alpha value is -2.00. The molecule has 0 unspecified atom stereocenters. The number of hydrogen-bond acceptors (Lipinski definition) is 5. The first-order valence-electron chi connectivity index (χ1n) is 7.70. The predicted molar refractivity (Wildman–Crippen MR) is 112 cm³/mol. The van der Waals surface area contributed by atoms with E-state index >= 15 is 0 Å². The van der Waals surface area contributed by atoms with Crippen molar-refractivity contribution in [2.45, 2.75) is 6.92 Å². The van der Waals surface area contributed by atoms with Crippen LogP contribution < -0.4 is 10.5 Å². The van der Waals surface area contributed by atoms with E-state index in [2.05, 4.69) is 32.6 Å². The van der Waals surface area contributed by atoms with Gasteiger partial charge in [0.1, 0.15) is 15.9 Å². The molecule has 0 atom stereocenters. The fourth-order valence-corrected chi connectivity index (χ4v) is 4.26. The van der Waals surface area contributed by atoms with E-state index in [4.69, 9.17) is 0 Å². The molecule has 0 radical (unpaired) electrons. The zero-order chi connectivity index (χ0) is 17.7. The number of benzene rings is 1. The Labute approximate surface area is 162 Å². The Morgan fingerprint density at radius 2 is 2.00 bits per heavy atom. The van der Waals surface area contributed by atoms with Crippen molar-refractivity contribution in [2.75, 3.05) is 19.0 Å². The van der Waals surface area contributed by atoms with Crippen LogP contribution >= 0.6 is 33.9 Å². The van der Waals surface area contributed by atoms with E-state index in [-0.39, 0.29) is 5.56 Å². The highest BCUT2D eigenvalue weighted by atomic mass is 127. The van der Waals surface area contributed by atoms with Crippen molar-refractivity contribution in [1.82, 2.24) is 14.5 Å². The molecule has 0 saturated carbocycles. The molecule has 126 valence electrons. The Kier molecular flexibility index (Phi) is 3.99. The van der Waals surface area contributed by atoms with Crippen LogP contribution in [0.5, 0.6) is 0 Å². The van der Waals surface area contributed by atoms with E-state index in [9.17, 15) is 4.79 Å². The van der Waals surface area contributed by atoms with Gasteiger partial charge in [-0.3, -0.25) is 9.36 Å². The number of aryl methyl sites for hydroxylation is 1. The Bertz CT molecular complexity index is 1180. The third-order valence-electron chi connectivity index (χ3n) is 4.16. The van der Waals surface area contributed by atoms with Crippen molar-refractivity contribution in [3.8, 4) is 5.69 Å². The van der Waals surface area contributed by atoms with Gasteiger partial charge in [0.15, 0.2) is 0 Å². The van der Waals surface area contributed by atoms with Gasteiger partial charge in [-0.15, -0.1) is 11.3 Å². The molecule has 7 heteroatoms. The molecular formula is C18H15IN4OS. The summed E-state index contributed by atoms with van der Waals surface area (Å²) in [5.74, 6) is 0. The lowest BCUT2D eigenvalue weighted by Crippen LogP contribution is -2.18. The molecule has 0 saturated heterocycles. The van der Waals surface area contributed by atoms with E-state index in [1.54, 1.807) is 17.1 Å². The minimum Gasteiger partial charge on any atom is -0.377 e. The van der Waals surface area contributed by atoms with Crippen LogP contribution in [0.2, 0.25) is 0 Å². The molecule has 0 aliphatic rings. The van der Waals surface area contributed by atoms with Crippen molar-refractivity contribution in [1.29, 1.82) is 0 Å². The van der Waals surface area contributed by atoms with Crippen molar-refractivity contribution < 1.29 is 0 Å². The fraction of sp³-hybridized carbons (Fsp3) is 0.167. The minimum absolute atomic E-state index is 0.0571. The second-order valence-corrected chi connectivity index (χ2v) is 8.20. The number of hydrogen-bond donors (Lipinski definition) is 0. The maximum absolute atomic E-state index is 13.1. The number of aromatic nitrogens is 3. The van der Waals surface area contributed by atoms with Crippen LogP contribution in [0, 0.1) is 10.5 Å². The molecule has 0 amide bonds. The fourth-order valence-electron chi connectivity index (χ4n) is 2.87. The molecular weight excluding hydrogens is 447 g/mol. The monoisotopic (exact) mass is 462 g/mol. The number of thiophene rings is 1. The zero-order valence-corrected chi connectivity index (χ0v) is 16.9. The summed E-state index contributed by atoms with van der Waals surface area (Å²) >= 11 is 3.69. The summed E-state index contributed by atoms with van der Waals surface area (Å²) in [7, 11) is 3.96. The first kappa shape index (κ1) is 16.5. The van der Waals surface area contributed by atoms with Gasteiger partial charge in [-0.25, -0.2) is 9.97 Å². The number of anilines is 1. The van der Waals surface area contributed by atoms with Gasteiger partial charge in [-0.05, 0) is 59.3 Å². The summed E-state index contributed by atoms with van der Waals surface area (Å²) in [6, 6.07) is 7.91. The van der Waals surface area contributed by atoms with Gasteiger partial charge < -0.3 is 4.90 Å². The molecule has 0 aliphatic heterocycles. The van der Waals surface area contributed by atoms with Crippen molar-refractivity contribution in [2.24, 2.45) is 0 Å². The molecule has 4 rings (SSSR count). The highest BCUT2D eigenvalue weighted by Crippen LogP contribution is 2.35. The first-order valence-corrected chi connectivity index (χ1v) is 9.59. The second-order valence-electron chi connectivity index (χ2n) is 6.04. The molecule has 0 spiro atoms. The average molecular weight is 462 g/mol. The number of nitrogens with zero attached hydrogens (tertiary/aromatic N) is 4. The molecule has 0 fully saturated rings. The van der Waals surface area contributed by atoms with Crippen LogP contribution in [0.1, 0.15) is 5.56 Å². The van der Waals surface area contributed by atoms with E-state index in [0.717, 1.165) is 32.7 Å². The lowest BCUT2D eigenvalue weighted by atomic mass is 10.2. The van der Waals surface area contributed by atoms with Crippen molar-refractivity contribution in [3.05, 3.63) is 56.3 Å². The number of pyridine rings is 1. The molecule has 0 aliphatic carbocycles. The van der Waals surface area contributed by atoms with E-state index < -0.39 is 0 Å². The Morgan fingerprint density at radius 1 is 1.20 bits per heavy atom. The van der Waals surface area contributed by atoms with Crippen LogP contribution in [-0.4, -0.2) is 28.6 Å². The standard InChI is InChI=1S/C18H15IN4OS/c1-10-8-11(4-5-12(10)19)23-9-21-15-14-13(22(2)3)6-7-20-17(14)25-16(15)18(23)24/h4-9H,1-3H3. The predicted octanol–water partition coefficient (Wildman–Crippen LogP) is 3.97. The lowest BCUT2D eigenvalue weighted by molar-refractivity contribution is 0.964. The normalized spacial score (nSPS) is 11.4. The quantitative estimate of drug-likeness (QED) is 0.423. The van der Waals surface area contributed by atoms with Gasteiger partial charge in [0.25, 0.3) is 5.56 Å². The molecule has 3 heterocycles. The highest BCUT2D eigenvalue weighted by Gasteiger charge is 2.17. The summed E-state index contributed by atoms with van der Waals surface area (Å²) in [6.07, 6.45) is 3.39. The van der Waals surface area contributed by atoms with Crippen molar-refractivity contribution in [3.63, 3.8) is 0 Å². The summed E-state index contributed by atoms with van der Waals surface area (Å²) in [5, 5.41) is 0.940. The third-order valence-corrected chi connectivity index (χ3v) is 6.45. The third kappa shape index (κ3) is 2.62. The Morgan fingerprint density at radius 3 is 2.72 bits per heavy atom. The highest BCUT2D eigenvalue weighted by molar-refractivity contribution is 14.1. The van der Waals surface area contributed by atoms with Gasteiger partial charge in [0, 0.05) is 23.9 Å². The van der Waals surface area contributed by atoms with Crippen LogP contribution in [0.25, 0.3) is 26.1 Å². The summed E-state index contributed by atoms with van der Waals surface area (Å²) in [5.41, 5.74) is 3.65. The summed E-state index contributed by atoms with van der Waals surface area (Å²) in [6.45, 7) is 2.04. The zero-order valence-electron chi connectivity index (χ0n) is 13.9. The number of rotatable bonds is 2. The topological polar surface area (TPSA) is 51.0 Å². The number of fused-ring (bicyclic) bond motifs is 3. The molecule has 25 heavy (non-hydrogen) atoms. The van der Waals surface area contributed by atoms with Gasteiger partial charge in [-0.2, -0.15) is 0 Å². The maximum Gasteiger partial charge on any atom is 0.275 e. The van der Waals surface area contributed by atoms with Crippen LogP contribution in [-0.2, 0) is 0 Å². The second kappa shape index (κ2) is 6.06. The lowest BCUT2D eigenvalue weighted by Gasteiger charge is -2.13. The van der Waals surface area contributed by atoms with Crippen LogP contribution in [0.3, 0.4) is 0 Å². The van der Waals surface area contributed by atoms with Gasteiger partial charge in [0.2, 0.25) is 0 Å². The average Bonchev–Trinajstić information content (AvgIpc) is 2.97. The first-order chi connectivity index (χ1) is 12.0. The summed E-state index contributed by atoms with van der Waals surface area (Å²) in [4.78, 5) is 25.0. The maximum atomic E-state index is 13.1. The molecule has 0 bridgehead atoms. The van der Waals surface area contributed by atoms with E-state index in [0.29, 0.717) is 4.70 Å². The minimum atomic E-state index is -0.0571. The smallest absolute Gasteiger partial charge is 0.275 e. The molecule has 5 nitrogen and oxygen atoms in total. The molecule has 3 aromatic heterocycles. The van der Waals surface area contributed by atoms with Crippen LogP contribution in [0.15, 0.2) is 41.6 Å². The van der Waals surface area contributed by atoms with E-state index in [1.807, 2.05) is 50.2 Å². The number of halogens is 1. The van der Waals surface area contributed by atoms with E-state index in [1.165, 1.54) is 14.9 Å². The summed E-state index contributed by atoms with van der Waals surface area (Å²) < 4.78 is 3.41. The Balaban J connectivity index is 2.03. The van der Waals surface area contributed by atoms with Gasteiger partial charge in [0.05, 0.1) is 22.3 Å². The largest absolute Gasteiger partial charge is 0.377 e. The van der Waals surface area contributed by atoms with Gasteiger partial charge >= 0.3 is 0 Å². The molecule has 0 N–H and O–H groups in total. The van der Waals surface area contributed by atoms with Crippen LogP contribution in [0.4, 0.5) is 5.69 Å².